The molecule has 1 aliphatic rings. The zero-order valence-electron chi connectivity index (χ0n) is 18.0. The number of aromatic nitrogens is 2. The maximum Gasteiger partial charge on any atom is 0.423 e. The van der Waals surface area contributed by atoms with Gasteiger partial charge in [0.15, 0.2) is 5.05 Å². The molecule has 190 valence electrons. The summed E-state index contributed by atoms with van der Waals surface area (Å²) in [5, 5.41) is 2.25. The van der Waals surface area contributed by atoms with Crippen LogP contribution in [0.1, 0.15) is 33.4 Å². The lowest BCUT2D eigenvalue weighted by Gasteiger charge is -2.19. The first-order valence-corrected chi connectivity index (χ1v) is 11.9. The quantitative estimate of drug-likeness (QED) is 0.357. The van der Waals surface area contributed by atoms with Crippen molar-refractivity contribution in [2.75, 3.05) is 6.61 Å². The molecule has 4 rings (SSSR count). The SMILES string of the molecule is O=C(O[C@H]1C[C@H](n2cc(C(F)(F)F)c(=O)[nH]c2=O)O[C@@H]1COC(=S)c1ccc(Cl)cc1)c1cccs1. The van der Waals surface area contributed by atoms with Crippen LogP contribution in [-0.2, 0) is 20.4 Å². The van der Waals surface area contributed by atoms with Gasteiger partial charge < -0.3 is 14.2 Å². The summed E-state index contributed by atoms with van der Waals surface area (Å²) < 4.78 is 57.2. The van der Waals surface area contributed by atoms with Gasteiger partial charge in [0.1, 0.15) is 35.5 Å². The highest BCUT2D eigenvalue weighted by atomic mass is 35.5. The Morgan fingerprint density at radius 1 is 1.25 bits per heavy atom. The Morgan fingerprint density at radius 2 is 1.97 bits per heavy atom. The maximum absolute atomic E-state index is 13.2. The molecule has 0 amide bonds. The maximum atomic E-state index is 13.2. The molecule has 1 saturated heterocycles. The number of thiocarbonyl (C=S) groups is 1. The lowest BCUT2D eigenvalue weighted by Crippen LogP contribution is -2.36. The molecule has 0 saturated carbocycles. The Balaban J connectivity index is 1.57. The molecule has 8 nitrogen and oxygen atoms in total. The average molecular weight is 561 g/mol. The summed E-state index contributed by atoms with van der Waals surface area (Å²) in [6, 6.07) is 9.69. The summed E-state index contributed by atoms with van der Waals surface area (Å²) in [7, 11) is 0. The fourth-order valence-electron chi connectivity index (χ4n) is 3.46. The molecule has 14 heteroatoms. The van der Waals surface area contributed by atoms with Crippen LogP contribution in [0.5, 0.6) is 0 Å². The van der Waals surface area contributed by atoms with Crippen molar-refractivity contribution < 1.29 is 32.2 Å². The first kappa shape index (κ1) is 26.1. The third kappa shape index (κ3) is 5.86. The van der Waals surface area contributed by atoms with E-state index in [1.807, 2.05) is 0 Å². The van der Waals surface area contributed by atoms with Crippen molar-refractivity contribution in [1.82, 2.24) is 9.55 Å². The van der Waals surface area contributed by atoms with Gasteiger partial charge in [0.2, 0.25) is 0 Å². The van der Waals surface area contributed by atoms with Gasteiger partial charge in [-0.15, -0.1) is 11.3 Å². The molecule has 2 aromatic heterocycles. The summed E-state index contributed by atoms with van der Waals surface area (Å²) in [4.78, 5) is 38.4. The Hall–Kier alpha value is -3.00. The van der Waals surface area contributed by atoms with E-state index in [9.17, 15) is 27.6 Å². The first-order chi connectivity index (χ1) is 17.0. The van der Waals surface area contributed by atoms with Crippen molar-refractivity contribution in [1.29, 1.82) is 0 Å². The van der Waals surface area contributed by atoms with E-state index in [1.165, 1.54) is 0 Å². The number of thiophene rings is 1. The summed E-state index contributed by atoms with van der Waals surface area (Å²) in [6.07, 6.45) is -8.06. The van der Waals surface area contributed by atoms with E-state index in [0.717, 1.165) is 11.3 Å². The molecule has 3 aromatic rings. The topological polar surface area (TPSA) is 99.6 Å². The number of nitrogens with zero attached hydrogens (tertiary/aromatic N) is 1. The van der Waals surface area contributed by atoms with Crippen LogP contribution in [0.15, 0.2) is 57.6 Å². The molecule has 1 fully saturated rings. The largest absolute Gasteiger partial charge is 0.480 e. The van der Waals surface area contributed by atoms with Crippen LogP contribution in [0.4, 0.5) is 13.2 Å². The molecule has 1 aromatic carbocycles. The Bertz CT molecular complexity index is 1370. The smallest absolute Gasteiger partial charge is 0.423 e. The van der Waals surface area contributed by atoms with E-state index in [1.54, 1.807) is 46.8 Å². The number of nitrogens with one attached hydrogen (secondary N) is 1. The second-order valence-corrected chi connectivity index (χ2v) is 9.35. The molecule has 0 radical (unpaired) electrons. The molecular formula is C22H16ClF3N2O6S2. The van der Waals surface area contributed by atoms with E-state index in [2.05, 4.69) is 0 Å². The van der Waals surface area contributed by atoms with Crippen molar-refractivity contribution >= 4 is 46.2 Å². The summed E-state index contributed by atoms with van der Waals surface area (Å²) in [6.45, 7) is -0.232. The number of esters is 1. The minimum absolute atomic E-state index is 0.0858. The van der Waals surface area contributed by atoms with Gasteiger partial charge in [0, 0.05) is 23.2 Å². The van der Waals surface area contributed by atoms with Gasteiger partial charge in [-0.25, -0.2) is 9.59 Å². The van der Waals surface area contributed by atoms with Gasteiger partial charge in [-0.05, 0) is 47.9 Å². The number of rotatable bonds is 6. The number of halogens is 4. The van der Waals surface area contributed by atoms with Crippen molar-refractivity contribution in [2.24, 2.45) is 0 Å². The fraction of sp³-hybridized carbons (Fsp3) is 0.273. The van der Waals surface area contributed by atoms with Gasteiger partial charge in [-0.1, -0.05) is 17.7 Å². The van der Waals surface area contributed by atoms with E-state index in [-0.39, 0.29) is 18.1 Å². The van der Waals surface area contributed by atoms with Gasteiger partial charge in [-0.2, -0.15) is 13.2 Å². The van der Waals surface area contributed by atoms with Crippen molar-refractivity contribution in [3.63, 3.8) is 0 Å². The Labute approximate surface area is 215 Å². The minimum Gasteiger partial charge on any atom is -0.480 e. The molecule has 3 heterocycles. The summed E-state index contributed by atoms with van der Waals surface area (Å²) >= 11 is 12.3. The minimum atomic E-state index is -5.00. The Kier molecular flexibility index (Phi) is 7.64. The lowest BCUT2D eigenvalue weighted by atomic mass is 10.2. The average Bonchev–Trinajstić information content (AvgIpc) is 3.48. The number of H-pyrrole nitrogens is 1. The summed E-state index contributed by atoms with van der Waals surface area (Å²) in [5.41, 5.74) is -3.71. The number of carbonyl (C=O) groups excluding carboxylic acids is 1. The molecule has 36 heavy (non-hydrogen) atoms. The standard InChI is InChI=1S/C22H16ClF3N2O6S2/c23-12-5-3-11(4-6-12)20(35)32-10-15-14(34-19(30)16-2-1-7-36-16)8-17(33-15)28-9-13(22(24,25)26)18(29)27-21(28)31/h1-7,9,14-15,17H,8,10H2,(H,27,29,31)/t14-,15+,17+/m0/s1. The predicted molar refractivity (Wildman–Crippen MR) is 127 cm³/mol. The number of hydrogen-bond acceptors (Lipinski definition) is 8. The molecule has 0 aliphatic carbocycles. The van der Waals surface area contributed by atoms with Crippen LogP contribution in [0.2, 0.25) is 5.02 Å². The molecule has 3 atom stereocenters. The number of hydrogen-bond donors (Lipinski definition) is 1. The second-order valence-electron chi connectivity index (χ2n) is 7.60. The van der Waals surface area contributed by atoms with E-state index < -0.39 is 47.4 Å². The molecule has 0 bridgehead atoms. The second kappa shape index (κ2) is 10.5. The van der Waals surface area contributed by atoms with Crippen molar-refractivity contribution in [3.8, 4) is 0 Å². The van der Waals surface area contributed by atoms with E-state index >= 15 is 0 Å². The van der Waals surface area contributed by atoms with Crippen LogP contribution in [0.3, 0.4) is 0 Å². The van der Waals surface area contributed by atoms with Gasteiger partial charge in [0.05, 0.1) is 0 Å². The Morgan fingerprint density at radius 3 is 2.61 bits per heavy atom. The third-order valence-corrected chi connectivity index (χ3v) is 6.66. The number of carbonyl (C=O) groups is 1. The number of alkyl halides is 3. The van der Waals surface area contributed by atoms with Gasteiger partial charge in [0.25, 0.3) is 5.56 Å². The van der Waals surface area contributed by atoms with E-state index in [4.69, 9.17) is 38.0 Å². The van der Waals surface area contributed by atoms with E-state index in [0.29, 0.717) is 26.2 Å². The van der Waals surface area contributed by atoms with Crippen LogP contribution in [0, 0.1) is 0 Å². The molecular weight excluding hydrogens is 545 g/mol. The van der Waals surface area contributed by atoms with Gasteiger partial charge in [-0.3, -0.25) is 14.3 Å². The molecule has 0 unspecified atom stereocenters. The van der Waals surface area contributed by atoms with Crippen LogP contribution >= 0.6 is 35.2 Å². The van der Waals surface area contributed by atoms with Crippen molar-refractivity contribution in [3.05, 3.63) is 89.8 Å². The predicted octanol–water partition coefficient (Wildman–Crippen LogP) is 4.18. The molecule has 0 spiro atoms. The number of aromatic amines is 1. The normalized spacial score (nSPS) is 19.7. The highest BCUT2D eigenvalue weighted by Crippen LogP contribution is 2.33. The highest BCUT2D eigenvalue weighted by molar-refractivity contribution is 7.80. The zero-order chi connectivity index (χ0) is 26.0. The third-order valence-electron chi connectivity index (χ3n) is 5.20. The van der Waals surface area contributed by atoms with Crippen molar-refractivity contribution in [2.45, 2.75) is 31.0 Å². The van der Waals surface area contributed by atoms with Crippen LogP contribution < -0.4 is 11.2 Å². The zero-order valence-corrected chi connectivity index (χ0v) is 20.4. The summed E-state index contributed by atoms with van der Waals surface area (Å²) in [5.74, 6) is -0.672. The van der Waals surface area contributed by atoms with Gasteiger partial charge >= 0.3 is 17.8 Å². The number of benzene rings is 1. The molecule has 1 aliphatic heterocycles. The fourth-order valence-corrected chi connectivity index (χ4v) is 4.40. The lowest BCUT2D eigenvalue weighted by molar-refractivity contribution is -0.139. The monoisotopic (exact) mass is 560 g/mol. The van der Waals surface area contributed by atoms with Crippen LogP contribution in [0.25, 0.3) is 0 Å². The first-order valence-electron chi connectivity index (χ1n) is 10.3. The van der Waals surface area contributed by atoms with Crippen LogP contribution in [-0.4, -0.2) is 39.4 Å². The molecule has 1 N–H and O–H groups in total. The highest BCUT2D eigenvalue weighted by Gasteiger charge is 2.42. The number of ether oxygens (including phenoxy) is 3.